The van der Waals surface area contributed by atoms with E-state index in [1.165, 1.54) is 10.8 Å². The van der Waals surface area contributed by atoms with Crippen molar-refractivity contribution >= 4 is 17.6 Å². The van der Waals surface area contributed by atoms with Gasteiger partial charge in [-0.1, -0.05) is 18.7 Å². The van der Waals surface area contributed by atoms with Crippen molar-refractivity contribution in [1.29, 1.82) is 0 Å². The smallest absolute Gasteiger partial charge is 0.254 e. The van der Waals surface area contributed by atoms with Crippen LogP contribution < -0.4 is 20.9 Å². The number of rotatable bonds is 3. The van der Waals surface area contributed by atoms with Gasteiger partial charge in [-0.2, -0.15) is 5.10 Å². The normalized spacial score (nSPS) is 17.3. The Morgan fingerprint density at radius 3 is 2.52 bits per heavy atom. The molecule has 0 bridgehead atoms. The van der Waals surface area contributed by atoms with E-state index < -0.39 is 12.0 Å². The number of ether oxygens (including phenoxy) is 2. The molecule has 1 aromatic heterocycles. The maximum Gasteiger partial charge on any atom is 0.254 e. The van der Waals surface area contributed by atoms with E-state index in [4.69, 9.17) is 20.9 Å². The van der Waals surface area contributed by atoms with E-state index in [9.17, 15) is 9.59 Å². The van der Waals surface area contributed by atoms with Gasteiger partial charge in [0.15, 0.2) is 17.6 Å². The maximum atomic E-state index is 11.5. The van der Waals surface area contributed by atoms with Crippen molar-refractivity contribution in [3.63, 3.8) is 0 Å². The number of amides is 2. The molecule has 2 amide bonds. The number of aryl methyl sites for hydroxylation is 1. The highest BCUT2D eigenvalue weighted by atomic mass is 16.6. The third-order valence-electron chi connectivity index (χ3n) is 4.77. The predicted molar refractivity (Wildman–Crippen MR) is 107 cm³/mol. The van der Waals surface area contributed by atoms with Crippen LogP contribution >= 0.6 is 0 Å². The monoisotopic (exact) mass is 399 g/mol. The number of nitrogen functional groups attached to an aromatic ring is 1. The summed E-state index contributed by atoms with van der Waals surface area (Å²) in [6.07, 6.45) is 3.17. The van der Waals surface area contributed by atoms with Crippen molar-refractivity contribution in [2.75, 3.05) is 25.4 Å². The Balaban J connectivity index is 0.000000224. The minimum Gasteiger partial charge on any atom is -0.485 e. The molecule has 1 unspecified atom stereocenters. The molecule has 0 aliphatic carbocycles. The minimum atomic E-state index is -0.631. The van der Waals surface area contributed by atoms with Gasteiger partial charge >= 0.3 is 0 Å². The molecule has 1 fully saturated rings. The average Bonchev–Trinajstić information content (AvgIpc) is 3.36. The Kier molecular flexibility index (Phi) is 6.06. The van der Waals surface area contributed by atoms with Gasteiger partial charge in [0.05, 0.1) is 0 Å². The first-order valence-electron chi connectivity index (χ1n) is 9.34. The molecule has 1 saturated heterocycles. The Hall–Kier alpha value is -3.49. The molecule has 2 aromatic rings. The lowest BCUT2D eigenvalue weighted by Gasteiger charge is -2.25. The number of benzene rings is 1. The number of para-hydroxylation sites is 2. The van der Waals surface area contributed by atoms with E-state index in [1.54, 1.807) is 13.1 Å². The lowest BCUT2D eigenvalue weighted by molar-refractivity contribution is -0.124. The number of nitrogens with two attached hydrogens (primary N) is 2. The molecule has 2 aliphatic heterocycles. The molecule has 0 radical (unpaired) electrons. The van der Waals surface area contributed by atoms with Gasteiger partial charge in [0.2, 0.25) is 5.91 Å². The van der Waals surface area contributed by atoms with Gasteiger partial charge in [-0.3, -0.25) is 14.3 Å². The van der Waals surface area contributed by atoms with Crippen molar-refractivity contribution in [3.05, 3.63) is 48.2 Å². The van der Waals surface area contributed by atoms with Crippen molar-refractivity contribution in [2.24, 2.45) is 12.8 Å². The fourth-order valence-electron chi connectivity index (χ4n) is 3.26. The molecule has 9 nitrogen and oxygen atoms in total. The highest BCUT2D eigenvalue weighted by Gasteiger charge is 2.30. The Morgan fingerprint density at radius 1 is 1.24 bits per heavy atom. The van der Waals surface area contributed by atoms with Crippen LogP contribution in [0.2, 0.25) is 0 Å². The van der Waals surface area contributed by atoms with Crippen LogP contribution in [0.4, 0.5) is 5.82 Å². The van der Waals surface area contributed by atoms with Crippen LogP contribution in [0.1, 0.15) is 35.0 Å². The molecule has 29 heavy (non-hydrogen) atoms. The van der Waals surface area contributed by atoms with Gasteiger partial charge in [-0.05, 0) is 31.1 Å². The van der Waals surface area contributed by atoms with Gasteiger partial charge in [-0.25, -0.2) is 0 Å². The van der Waals surface area contributed by atoms with Crippen molar-refractivity contribution in [3.8, 4) is 11.5 Å². The second kappa shape index (κ2) is 8.68. The van der Waals surface area contributed by atoms with E-state index in [2.05, 4.69) is 11.7 Å². The first-order chi connectivity index (χ1) is 13.9. The van der Waals surface area contributed by atoms with E-state index in [0.29, 0.717) is 17.2 Å². The number of carbonyl (C=O) groups excluding carboxylic acids is 2. The summed E-state index contributed by atoms with van der Waals surface area (Å²) in [7, 11) is 1.64. The Bertz CT molecular complexity index is 918. The first-order valence-corrected chi connectivity index (χ1v) is 9.34. The zero-order chi connectivity index (χ0) is 21.0. The summed E-state index contributed by atoms with van der Waals surface area (Å²) in [5.41, 5.74) is 11.7. The molecule has 1 atom stereocenters. The van der Waals surface area contributed by atoms with Crippen LogP contribution in [0.25, 0.3) is 0 Å². The lowest BCUT2D eigenvalue weighted by atomic mass is 10.1. The van der Waals surface area contributed by atoms with Crippen LogP contribution in [0.5, 0.6) is 11.5 Å². The number of carbonyl (C=O) groups is 2. The maximum absolute atomic E-state index is 11.5. The molecule has 154 valence electrons. The van der Waals surface area contributed by atoms with Gasteiger partial charge in [0.1, 0.15) is 23.7 Å². The molecule has 4 N–H and O–H groups in total. The van der Waals surface area contributed by atoms with Crippen LogP contribution in [0, 0.1) is 0 Å². The van der Waals surface area contributed by atoms with Crippen molar-refractivity contribution in [2.45, 2.75) is 18.9 Å². The largest absolute Gasteiger partial charge is 0.485 e. The zero-order valence-electron chi connectivity index (χ0n) is 16.3. The second-order valence-corrected chi connectivity index (χ2v) is 6.73. The molecule has 0 saturated carbocycles. The molecule has 9 heteroatoms. The van der Waals surface area contributed by atoms with Crippen molar-refractivity contribution < 1.29 is 19.1 Å². The molecular weight excluding hydrogens is 374 g/mol. The fourth-order valence-corrected chi connectivity index (χ4v) is 3.26. The molecule has 2 aliphatic rings. The number of hydrogen-bond donors (Lipinski definition) is 2. The first kappa shape index (κ1) is 20.2. The van der Waals surface area contributed by atoms with Crippen LogP contribution in [0.15, 0.2) is 36.9 Å². The highest BCUT2D eigenvalue weighted by molar-refractivity contribution is 5.98. The van der Waals surface area contributed by atoms with Gasteiger partial charge in [-0.15, -0.1) is 0 Å². The number of fused-ring (bicyclic) bond motifs is 1. The van der Waals surface area contributed by atoms with Crippen LogP contribution in [-0.4, -0.2) is 46.2 Å². The summed E-state index contributed by atoms with van der Waals surface area (Å²) in [5, 5.41) is 4.21. The number of likely N-dealkylation sites (tertiary alicyclic amines) is 1. The van der Waals surface area contributed by atoms with Gasteiger partial charge in [0, 0.05) is 20.1 Å². The zero-order valence-corrected chi connectivity index (χ0v) is 16.3. The molecule has 3 heterocycles. The van der Waals surface area contributed by atoms with E-state index >= 15 is 0 Å². The van der Waals surface area contributed by atoms with Crippen LogP contribution in [-0.2, 0) is 11.8 Å². The summed E-state index contributed by atoms with van der Waals surface area (Å²) in [5.74, 6) is 0.923. The lowest BCUT2D eigenvalue weighted by Crippen LogP contribution is -2.25. The topological polar surface area (TPSA) is 126 Å². The summed E-state index contributed by atoms with van der Waals surface area (Å²) < 4.78 is 12.8. The minimum absolute atomic E-state index is 0.0764. The predicted octanol–water partition coefficient (Wildman–Crippen LogP) is 1.41. The standard InChI is InChI=1S/C13H14N4O3.C7H11NO/c1-17-12(14)10(13(15)18)11(16-17)9-6-19-7-4-2-3-5-8(7)20-9;1-2-7(9)8-5-3-4-6-8/h2-5,9H,6,14H2,1H3,(H2,15,18);2H,1,3-6H2. The summed E-state index contributed by atoms with van der Waals surface area (Å²) >= 11 is 0. The summed E-state index contributed by atoms with van der Waals surface area (Å²) in [6, 6.07) is 7.30. The quantitative estimate of drug-likeness (QED) is 0.752. The van der Waals surface area contributed by atoms with E-state index in [-0.39, 0.29) is 23.9 Å². The van der Waals surface area contributed by atoms with E-state index in [0.717, 1.165) is 25.9 Å². The number of nitrogens with zero attached hydrogens (tertiary/aromatic N) is 3. The third-order valence-corrected chi connectivity index (χ3v) is 4.77. The average molecular weight is 399 g/mol. The highest BCUT2D eigenvalue weighted by Crippen LogP contribution is 2.37. The summed E-state index contributed by atoms with van der Waals surface area (Å²) in [4.78, 5) is 24.2. The second-order valence-electron chi connectivity index (χ2n) is 6.73. The number of aromatic nitrogens is 2. The van der Waals surface area contributed by atoms with Crippen molar-refractivity contribution in [1.82, 2.24) is 14.7 Å². The molecule has 0 spiro atoms. The molecule has 4 rings (SSSR count). The van der Waals surface area contributed by atoms with Gasteiger partial charge in [0.25, 0.3) is 5.91 Å². The van der Waals surface area contributed by atoms with Gasteiger partial charge < -0.3 is 25.8 Å². The number of primary amides is 1. The fraction of sp³-hybridized carbons (Fsp3) is 0.350. The Morgan fingerprint density at radius 2 is 1.90 bits per heavy atom. The van der Waals surface area contributed by atoms with Crippen LogP contribution in [0.3, 0.4) is 0 Å². The van der Waals surface area contributed by atoms with E-state index in [1.807, 2.05) is 23.1 Å². The SMILES string of the molecule is C=CC(=O)N1CCCC1.Cn1nc(C2COc3ccccc3O2)c(C(N)=O)c1N. The summed E-state index contributed by atoms with van der Waals surface area (Å²) in [6.45, 7) is 5.50. The number of anilines is 1. The molecule has 1 aromatic carbocycles. The molecular formula is C20H25N5O4. The third kappa shape index (κ3) is 4.34. The Labute approximate surface area is 168 Å². The number of hydrogen-bond acceptors (Lipinski definition) is 6.